The molecule has 9 heteroatoms. The van der Waals surface area contributed by atoms with Gasteiger partial charge in [-0.2, -0.15) is 0 Å². The number of allylic oxidation sites excluding steroid dienone is 1. The van der Waals surface area contributed by atoms with Gasteiger partial charge in [-0.1, -0.05) is 18.2 Å². The normalized spacial score (nSPS) is 20.9. The van der Waals surface area contributed by atoms with Crippen LogP contribution in [-0.2, 0) is 15.1 Å². The lowest BCUT2D eigenvalue weighted by Gasteiger charge is -2.28. The molecule has 0 bridgehead atoms. The van der Waals surface area contributed by atoms with Crippen LogP contribution in [0.25, 0.3) is 12.2 Å². The Labute approximate surface area is 192 Å². The highest BCUT2D eigenvalue weighted by molar-refractivity contribution is 6.02. The largest absolute Gasteiger partial charge is 0.504 e. The Morgan fingerprint density at radius 1 is 0.882 bits per heavy atom. The Balaban J connectivity index is 1.60. The van der Waals surface area contributed by atoms with Crippen molar-refractivity contribution in [3.8, 4) is 28.7 Å². The highest BCUT2D eigenvalue weighted by Gasteiger charge is 2.61. The van der Waals surface area contributed by atoms with Crippen LogP contribution < -0.4 is 10.4 Å². The van der Waals surface area contributed by atoms with Crippen LogP contribution in [0.5, 0.6) is 28.7 Å². The summed E-state index contributed by atoms with van der Waals surface area (Å²) in [4.78, 5) is 26.1. The maximum Gasteiger partial charge on any atom is 0.347 e. The molecule has 172 valence electrons. The van der Waals surface area contributed by atoms with Crippen molar-refractivity contribution in [3.05, 3.63) is 87.2 Å². The second-order valence-electron chi connectivity index (χ2n) is 7.96. The number of phenolic OH excluding ortho intramolecular Hbond substituents is 4. The lowest BCUT2D eigenvalue weighted by molar-refractivity contribution is -0.139. The maximum absolute atomic E-state index is 13.1. The average Bonchev–Trinajstić information content (AvgIpc) is 3.27. The molecular formula is C25H18O9. The van der Waals surface area contributed by atoms with E-state index in [0.717, 1.165) is 0 Å². The first-order valence-electron chi connectivity index (χ1n) is 10.2. The molecule has 0 fully saturated rings. The SMILES string of the molecule is CC1=CC(=O)[C@]2(O1)c1c(cc(/C=C/c3ccc(O)c(O)c3)oc1=O)O[C@H]2c1ccc(O)c(O)c1. The van der Waals surface area contributed by atoms with E-state index >= 15 is 0 Å². The minimum Gasteiger partial charge on any atom is -0.504 e. The van der Waals surface area contributed by atoms with Crippen molar-refractivity contribution in [1.82, 2.24) is 0 Å². The van der Waals surface area contributed by atoms with Gasteiger partial charge in [-0.25, -0.2) is 4.79 Å². The summed E-state index contributed by atoms with van der Waals surface area (Å²) in [6.07, 6.45) is 3.14. The van der Waals surface area contributed by atoms with Gasteiger partial charge < -0.3 is 34.3 Å². The lowest BCUT2D eigenvalue weighted by atomic mass is 9.84. The third kappa shape index (κ3) is 3.17. The Kier molecular flexibility index (Phi) is 4.64. The van der Waals surface area contributed by atoms with Crippen molar-refractivity contribution < 1.29 is 39.1 Å². The number of aromatic hydroxyl groups is 4. The topological polar surface area (TPSA) is 147 Å². The van der Waals surface area contributed by atoms with E-state index in [1.54, 1.807) is 19.1 Å². The number of fused-ring (bicyclic) bond motifs is 2. The van der Waals surface area contributed by atoms with Gasteiger partial charge in [-0.3, -0.25) is 4.79 Å². The zero-order valence-electron chi connectivity index (χ0n) is 17.7. The highest BCUT2D eigenvalue weighted by Crippen LogP contribution is 2.54. The van der Waals surface area contributed by atoms with Crippen molar-refractivity contribution in [3.63, 3.8) is 0 Å². The van der Waals surface area contributed by atoms with Crippen LogP contribution in [0.15, 0.2) is 63.5 Å². The Hall–Kier alpha value is -4.66. The van der Waals surface area contributed by atoms with Crippen LogP contribution in [0.1, 0.15) is 35.5 Å². The van der Waals surface area contributed by atoms with Crippen LogP contribution in [-0.4, -0.2) is 26.2 Å². The zero-order valence-corrected chi connectivity index (χ0v) is 17.7. The van der Waals surface area contributed by atoms with Crippen LogP contribution in [0, 0.1) is 0 Å². The number of carbonyl (C=O) groups is 1. The minimum absolute atomic E-state index is 0.0680. The lowest BCUT2D eigenvalue weighted by Crippen LogP contribution is -2.41. The highest BCUT2D eigenvalue weighted by atomic mass is 16.6. The summed E-state index contributed by atoms with van der Waals surface area (Å²) in [5.74, 6) is -1.40. The number of phenols is 4. The number of ether oxygens (including phenoxy) is 2. The van der Waals surface area contributed by atoms with Crippen LogP contribution in [0.3, 0.4) is 0 Å². The zero-order chi connectivity index (χ0) is 24.2. The Morgan fingerprint density at radius 2 is 1.59 bits per heavy atom. The van der Waals surface area contributed by atoms with E-state index in [4.69, 9.17) is 13.9 Å². The van der Waals surface area contributed by atoms with Crippen LogP contribution in [0.2, 0.25) is 0 Å². The third-order valence-corrected chi connectivity index (χ3v) is 5.68. The van der Waals surface area contributed by atoms with Gasteiger partial charge in [-0.05, 0) is 42.8 Å². The van der Waals surface area contributed by atoms with Crippen molar-refractivity contribution in [2.45, 2.75) is 18.6 Å². The Bertz CT molecular complexity index is 1460. The van der Waals surface area contributed by atoms with E-state index in [9.17, 15) is 30.0 Å². The van der Waals surface area contributed by atoms with Gasteiger partial charge in [0, 0.05) is 17.7 Å². The second-order valence-corrected chi connectivity index (χ2v) is 7.96. The predicted octanol–water partition coefficient (Wildman–Crippen LogP) is 3.46. The first kappa shape index (κ1) is 21.2. The maximum atomic E-state index is 13.1. The minimum atomic E-state index is -1.84. The van der Waals surface area contributed by atoms with Gasteiger partial charge in [0.05, 0.1) is 5.76 Å². The molecule has 0 saturated heterocycles. The molecular weight excluding hydrogens is 444 g/mol. The molecule has 0 saturated carbocycles. The number of rotatable bonds is 3. The first-order valence-corrected chi connectivity index (χ1v) is 10.2. The fraction of sp³-hybridized carbons (Fsp3) is 0.120. The summed E-state index contributed by atoms with van der Waals surface area (Å²) in [5.41, 5.74) is -1.95. The van der Waals surface area contributed by atoms with Crippen LogP contribution in [0.4, 0.5) is 0 Å². The molecule has 5 rings (SSSR count). The molecule has 2 atom stereocenters. The number of ketones is 1. The second kappa shape index (κ2) is 7.45. The monoisotopic (exact) mass is 462 g/mol. The summed E-state index contributed by atoms with van der Waals surface area (Å²) >= 11 is 0. The molecule has 2 aliphatic rings. The molecule has 3 aromatic rings. The number of hydrogen-bond donors (Lipinski definition) is 4. The fourth-order valence-corrected chi connectivity index (χ4v) is 4.15. The number of benzene rings is 2. The van der Waals surface area contributed by atoms with Crippen molar-refractivity contribution in [2.75, 3.05) is 0 Å². The van der Waals surface area contributed by atoms with Gasteiger partial charge in [0.1, 0.15) is 17.1 Å². The Morgan fingerprint density at radius 3 is 2.24 bits per heavy atom. The summed E-state index contributed by atoms with van der Waals surface area (Å²) in [5, 5.41) is 38.7. The summed E-state index contributed by atoms with van der Waals surface area (Å²) in [6, 6.07) is 9.56. The average molecular weight is 462 g/mol. The molecule has 3 heterocycles. The van der Waals surface area contributed by atoms with E-state index in [0.29, 0.717) is 11.1 Å². The summed E-state index contributed by atoms with van der Waals surface area (Å²) in [6.45, 7) is 1.57. The standard InChI is InChI=1S/C25H18O9/c1-12-8-21(30)25(34-12)22-20(33-23(25)14-4-7-17(27)19(29)10-14)11-15(32-24(22)31)5-2-13-3-6-16(26)18(28)9-13/h2-11,23,26-29H,1H3/b5-2+/t23-,25-/m0/s1. The van der Waals surface area contributed by atoms with Gasteiger partial charge in [0.15, 0.2) is 29.1 Å². The summed E-state index contributed by atoms with van der Waals surface area (Å²) in [7, 11) is 0. The smallest absolute Gasteiger partial charge is 0.347 e. The molecule has 9 nitrogen and oxygen atoms in total. The fourth-order valence-electron chi connectivity index (χ4n) is 4.15. The molecule has 34 heavy (non-hydrogen) atoms. The molecule has 0 unspecified atom stereocenters. The molecule has 0 amide bonds. The quantitative estimate of drug-likeness (QED) is 0.430. The van der Waals surface area contributed by atoms with Gasteiger partial charge in [-0.15, -0.1) is 0 Å². The van der Waals surface area contributed by atoms with Crippen LogP contribution >= 0.6 is 0 Å². The van der Waals surface area contributed by atoms with E-state index in [1.807, 2.05) is 0 Å². The van der Waals surface area contributed by atoms with Gasteiger partial charge in [0.25, 0.3) is 0 Å². The van der Waals surface area contributed by atoms with E-state index in [2.05, 4.69) is 0 Å². The molecule has 2 aliphatic heterocycles. The molecule has 1 aromatic heterocycles. The van der Waals surface area contributed by atoms with Gasteiger partial charge >= 0.3 is 5.63 Å². The molecule has 0 radical (unpaired) electrons. The summed E-state index contributed by atoms with van der Waals surface area (Å²) < 4.78 is 17.3. The van der Waals surface area contributed by atoms with Crippen molar-refractivity contribution in [2.24, 2.45) is 0 Å². The van der Waals surface area contributed by atoms with Crippen molar-refractivity contribution >= 4 is 17.9 Å². The predicted molar refractivity (Wildman–Crippen MR) is 118 cm³/mol. The van der Waals surface area contributed by atoms with E-state index < -0.39 is 28.9 Å². The van der Waals surface area contributed by atoms with Crippen molar-refractivity contribution in [1.29, 1.82) is 0 Å². The molecule has 4 N–H and O–H groups in total. The molecule has 0 aliphatic carbocycles. The number of hydrogen-bond acceptors (Lipinski definition) is 9. The third-order valence-electron chi connectivity index (χ3n) is 5.68. The molecule has 2 aromatic carbocycles. The first-order chi connectivity index (χ1) is 16.2. The van der Waals surface area contributed by atoms with Gasteiger partial charge in [0.2, 0.25) is 11.4 Å². The molecule has 1 spiro atoms. The number of carbonyl (C=O) groups excluding carboxylic acids is 1. The van der Waals surface area contributed by atoms with E-state index in [1.165, 1.54) is 48.6 Å². The van der Waals surface area contributed by atoms with E-state index in [-0.39, 0.29) is 40.1 Å².